The molecule has 0 aromatic rings. The Kier molecular flexibility index (Phi) is 14.5. The van der Waals surface area contributed by atoms with Crippen molar-refractivity contribution in [2.45, 2.75) is 116 Å². The van der Waals surface area contributed by atoms with Crippen molar-refractivity contribution in [2.75, 3.05) is 0 Å². The van der Waals surface area contributed by atoms with E-state index >= 15 is 0 Å². The van der Waals surface area contributed by atoms with Crippen LogP contribution in [0.25, 0.3) is 0 Å². The van der Waals surface area contributed by atoms with Gasteiger partial charge in [-0.1, -0.05) is 97.8 Å². The van der Waals surface area contributed by atoms with E-state index in [9.17, 15) is 0 Å². The Morgan fingerprint density at radius 1 is 0.571 bits per heavy atom. The third-order valence-corrected chi connectivity index (χ3v) is 9.38. The summed E-state index contributed by atoms with van der Waals surface area (Å²) in [4.78, 5) is 0. The second-order valence-corrected chi connectivity index (χ2v) is 11.2. The molecule has 0 aromatic carbocycles. The second kappa shape index (κ2) is 14.7. The van der Waals surface area contributed by atoms with Crippen LogP contribution in [0, 0.1) is 12.0 Å². The van der Waals surface area contributed by atoms with Crippen molar-refractivity contribution >= 4 is 8.07 Å². The van der Waals surface area contributed by atoms with Crippen molar-refractivity contribution in [3.05, 3.63) is 0 Å². The molecule has 0 atom stereocenters. The summed E-state index contributed by atoms with van der Waals surface area (Å²) in [6, 6.07) is 4.21. The van der Waals surface area contributed by atoms with Crippen LogP contribution >= 0.6 is 0 Å². The van der Waals surface area contributed by atoms with Crippen LogP contribution in [0.2, 0.25) is 18.1 Å². The fraction of sp³-hybridized carbons (Fsp3) is 0.900. The topological polar surface area (TPSA) is 0 Å². The fourth-order valence-electron chi connectivity index (χ4n) is 3.26. The predicted octanol–water partition coefficient (Wildman–Crippen LogP) is 7.35. The average molecular weight is 309 g/mol. The van der Waals surface area contributed by atoms with Crippen LogP contribution in [0.1, 0.15) is 97.8 Å². The van der Waals surface area contributed by atoms with E-state index in [2.05, 4.69) is 26.3 Å². The van der Waals surface area contributed by atoms with Gasteiger partial charge in [-0.15, -0.1) is 12.0 Å². The van der Waals surface area contributed by atoms with E-state index < -0.39 is 8.07 Å². The van der Waals surface area contributed by atoms with Crippen molar-refractivity contribution in [3.8, 4) is 12.0 Å². The maximum atomic E-state index is 6.06. The highest BCUT2D eigenvalue weighted by Gasteiger charge is 2.29. The van der Waals surface area contributed by atoms with Crippen molar-refractivity contribution in [2.24, 2.45) is 0 Å². The van der Waals surface area contributed by atoms with E-state index in [1.165, 1.54) is 95.2 Å². The van der Waals surface area contributed by atoms with Gasteiger partial charge in [0.05, 0.1) is 0 Å². The average Bonchev–Trinajstić information content (AvgIpc) is 2.51. The lowest BCUT2D eigenvalue weighted by Gasteiger charge is -2.26. The molecule has 0 fully saturated rings. The molecule has 0 rings (SSSR count). The summed E-state index contributed by atoms with van der Waals surface area (Å²) < 4.78 is 0. The van der Waals surface area contributed by atoms with Gasteiger partial charge in [-0.3, -0.25) is 0 Å². The molecule has 0 N–H and O–H groups in total. The molecule has 0 nitrogen and oxygen atoms in total. The zero-order chi connectivity index (χ0) is 15.8. The first kappa shape index (κ1) is 20.8. The molecule has 0 unspecified atom stereocenters. The summed E-state index contributed by atoms with van der Waals surface area (Å²) in [6.45, 7) is 6.88. The lowest BCUT2D eigenvalue weighted by Crippen LogP contribution is -2.32. The second-order valence-electron chi connectivity index (χ2n) is 6.86. The first-order chi connectivity index (χ1) is 10.2. The summed E-state index contributed by atoms with van der Waals surface area (Å²) in [6.07, 6.45) is 22.6. The first-order valence-electron chi connectivity index (χ1n) is 9.72. The van der Waals surface area contributed by atoms with Crippen molar-refractivity contribution in [1.29, 1.82) is 0 Å². The van der Waals surface area contributed by atoms with Gasteiger partial charge >= 0.3 is 0 Å². The maximum absolute atomic E-state index is 6.06. The summed E-state index contributed by atoms with van der Waals surface area (Å²) in [7, 11) is -1.39. The van der Waals surface area contributed by atoms with Gasteiger partial charge in [0.25, 0.3) is 0 Å². The van der Waals surface area contributed by atoms with Crippen LogP contribution in [0.4, 0.5) is 0 Å². The Morgan fingerprint density at radius 2 is 0.905 bits per heavy atom. The van der Waals surface area contributed by atoms with E-state index in [1.807, 2.05) is 0 Å². The minimum Gasteiger partial charge on any atom is -0.135 e. The monoisotopic (exact) mass is 308 g/mol. The zero-order valence-electron chi connectivity index (χ0n) is 15.2. The van der Waals surface area contributed by atoms with E-state index in [4.69, 9.17) is 6.42 Å². The molecule has 0 saturated carbocycles. The maximum Gasteiger partial charge on any atom is 0.138 e. The molecule has 0 aromatic heterocycles. The molecule has 0 amide bonds. The van der Waals surface area contributed by atoms with E-state index in [0.717, 1.165) is 0 Å². The highest BCUT2D eigenvalue weighted by molar-refractivity contribution is 6.87. The van der Waals surface area contributed by atoms with Gasteiger partial charge in [-0.25, -0.2) is 0 Å². The van der Waals surface area contributed by atoms with Gasteiger partial charge < -0.3 is 0 Å². The highest BCUT2D eigenvalue weighted by atomic mass is 28.3. The van der Waals surface area contributed by atoms with Gasteiger partial charge in [0.15, 0.2) is 0 Å². The summed E-state index contributed by atoms with van der Waals surface area (Å²) in [5.74, 6) is 0. The largest absolute Gasteiger partial charge is 0.138 e. The fourth-order valence-corrected chi connectivity index (χ4v) is 7.23. The summed E-state index contributed by atoms with van der Waals surface area (Å²) >= 11 is 0. The van der Waals surface area contributed by atoms with Crippen molar-refractivity contribution < 1.29 is 0 Å². The highest BCUT2D eigenvalue weighted by Crippen LogP contribution is 2.29. The number of rotatable bonds is 15. The Hall–Kier alpha value is -0.223. The summed E-state index contributed by atoms with van der Waals surface area (Å²) in [5, 5.41) is 0. The molecule has 0 aliphatic carbocycles. The normalized spacial score (nSPS) is 11.5. The van der Waals surface area contributed by atoms with Gasteiger partial charge in [-0.05, 0) is 18.1 Å². The molecule has 0 saturated heterocycles. The molecule has 0 heterocycles. The quantitative estimate of drug-likeness (QED) is 0.168. The minimum absolute atomic E-state index is 1.33. The van der Waals surface area contributed by atoms with Crippen LogP contribution in [0.15, 0.2) is 0 Å². The van der Waals surface area contributed by atoms with Gasteiger partial charge in [-0.2, -0.15) is 0 Å². The van der Waals surface area contributed by atoms with Crippen molar-refractivity contribution in [1.82, 2.24) is 0 Å². The number of terminal acetylenes is 1. The third kappa shape index (κ3) is 11.1. The van der Waals surface area contributed by atoms with Crippen LogP contribution < -0.4 is 0 Å². The third-order valence-electron chi connectivity index (χ3n) is 4.83. The van der Waals surface area contributed by atoms with Crippen LogP contribution in [0.5, 0.6) is 0 Å². The Bertz CT molecular complexity index is 220. The molecule has 0 aliphatic rings. The smallest absolute Gasteiger partial charge is 0.135 e. The molecular formula is C20H40Si. The molecule has 0 bridgehead atoms. The van der Waals surface area contributed by atoms with E-state index in [-0.39, 0.29) is 0 Å². The van der Waals surface area contributed by atoms with Crippen LogP contribution in [-0.2, 0) is 0 Å². The number of hydrogen-bond donors (Lipinski definition) is 0. The van der Waals surface area contributed by atoms with Gasteiger partial charge in [0, 0.05) is 0 Å². The summed E-state index contributed by atoms with van der Waals surface area (Å²) in [5.41, 5.74) is 3.39. The predicted molar refractivity (Wildman–Crippen MR) is 101 cm³/mol. The Labute approximate surface area is 136 Å². The molecular weight excluding hydrogens is 268 g/mol. The SMILES string of the molecule is C#C[Si](CCCCCC)(CCCCCC)CCCCCC. The molecule has 124 valence electrons. The number of unbranched alkanes of at least 4 members (excludes halogenated alkanes) is 9. The zero-order valence-corrected chi connectivity index (χ0v) is 16.2. The molecule has 21 heavy (non-hydrogen) atoms. The minimum atomic E-state index is -1.39. The van der Waals surface area contributed by atoms with E-state index in [1.54, 1.807) is 0 Å². The Balaban J connectivity index is 4.27. The first-order valence-corrected chi connectivity index (χ1v) is 12.3. The molecule has 0 spiro atoms. The van der Waals surface area contributed by atoms with Crippen LogP contribution in [0.3, 0.4) is 0 Å². The molecule has 0 radical (unpaired) electrons. The van der Waals surface area contributed by atoms with E-state index in [0.29, 0.717) is 0 Å². The molecule has 0 aliphatic heterocycles. The van der Waals surface area contributed by atoms with Gasteiger partial charge in [0.1, 0.15) is 8.07 Å². The molecule has 1 heteroatoms. The van der Waals surface area contributed by atoms with Crippen LogP contribution in [-0.4, -0.2) is 8.07 Å². The standard InChI is InChI=1S/C20H40Si/c1-5-9-12-15-18-21(8-4,19-16-13-10-6-2)20-17-14-11-7-3/h4H,5-7,9-20H2,1-3H3. The lowest BCUT2D eigenvalue weighted by atomic mass is 10.2. The number of hydrogen-bond acceptors (Lipinski definition) is 0. The lowest BCUT2D eigenvalue weighted by molar-refractivity contribution is 0.668. The Morgan fingerprint density at radius 3 is 1.14 bits per heavy atom. The van der Waals surface area contributed by atoms with Gasteiger partial charge in [0.2, 0.25) is 0 Å². The van der Waals surface area contributed by atoms with Crippen molar-refractivity contribution in [3.63, 3.8) is 0 Å².